The fourth-order valence-corrected chi connectivity index (χ4v) is 3.24. The van der Waals surface area contributed by atoms with Crippen LogP contribution in [0.2, 0.25) is 0 Å². The van der Waals surface area contributed by atoms with Crippen LogP contribution in [0.25, 0.3) is 0 Å². The maximum absolute atomic E-state index is 5.39. The highest BCUT2D eigenvalue weighted by Crippen LogP contribution is 2.29. The highest BCUT2D eigenvalue weighted by atomic mass is 16.3. The van der Waals surface area contributed by atoms with Crippen molar-refractivity contribution in [2.45, 2.75) is 65.0 Å². The summed E-state index contributed by atoms with van der Waals surface area (Å²) >= 11 is 0. The fraction of sp³-hybridized carbons (Fsp3) is 0.750. The molecule has 0 bridgehead atoms. The van der Waals surface area contributed by atoms with E-state index in [1.54, 1.807) is 6.26 Å². The highest BCUT2D eigenvalue weighted by molar-refractivity contribution is 4.98. The molecule has 0 aliphatic heterocycles. The van der Waals surface area contributed by atoms with Crippen LogP contribution in [0.15, 0.2) is 22.8 Å². The van der Waals surface area contributed by atoms with Gasteiger partial charge in [0.2, 0.25) is 0 Å². The van der Waals surface area contributed by atoms with Crippen molar-refractivity contribution in [2.75, 3.05) is 0 Å². The average Bonchev–Trinajstić information content (AvgIpc) is 2.84. The number of hydrogen-bond acceptors (Lipinski definition) is 2. The Bertz CT molecular complexity index is 323. The molecule has 1 N–H and O–H groups in total. The molecular weight excluding hydrogens is 222 g/mol. The van der Waals surface area contributed by atoms with Gasteiger partial charge in [0.25, 0.3) is 0 Å². The van der Waals surface area contributed by atoms with E-state index in [0.717, 1.165) is 30.4 Å². The topological polar surface area (TPSA) is 25.2 Å². The van der Waals surface area contributed by atoms with Gasteiger partial charge >= 0.3 is 0 Å². The molecule has 3 atom stereocenters. The van der Waals surface area contributed by atoms with Gasteiger partial charge in [0.15, 0.2) is 0 Å². The molecule has 0 aromatic carbocycles. The predicted molar refractivity (Wildman–Crippen MR) is 75.6 cm³/mol. The molecule has 3 unspecified atom stereocenters. The van der Waals surface area contributed by atoms with Crippen LogP contribution in [0.4, 0.5) is 0 Å². The Balaban J connectivity index is 1.77. The van der Waals surface area contributed by atoms with Crippen molar-refractivity contribution >= 4 is 0 Å². The van der Waals surface area contributed by atoms with Gasteiger partial charge in [0, 0.05) is 18.5 Å². The Morgan fingerprint density at radius 3 is 2.67 bits per heavy atom. The predicted octanol–water partition coefficient (Wildman–Crippen LogP) is 4.02. The van der Waals surface area contributed by atoms with E-state index in [-0.39, 0.29) is 0 Å². The first kappa shape index (κ1) is 13.7. The van der Waals surface area contributed by atoms with Gasteiger partial charge in [0.05, 0.1) is 6.26 Å². The minimum absolute atomic E-state index is 0.572. The molecule has 2 nitrogen and oxygen atoms in total. The lowest BCUT2D eigenvalue weighted by Crippen LogP contribution is -2.46. The van der Waals surface area contributed by atoms with Gasteiger partial charge in [-0.1, -0.05) is 20.3 Å². The molecule has 1 aromatic rings. The summed E-state index contributed by atoms with van der Waals surface area (Å²) in [7, 11) is 0. The van der Waals surface area contributed by atoms with E-state index in [1.807, 2.05) is 6.07 Å². The lowest BCUT2D eigenvalue weighted by molar-refractivity contribution is 0.193. The molecular formula is C16H27NO. The molecule has 1 heterocycles. The molecule has 0 spiro atoms. The molecule has 1 aliphatic rings. The van der Waals surface area contributed by atoms with E-state index in [4.69, 9.17) is 4.42 Å². The normalized spacial score (nSPS) is 30.3. The Morgan fingerprint density at radius 2 is 2.06 bits per heavy atom. The Labute approximate surface area is 111 Å². The minimum Gasteiger partial charge on any atom is -0.469 e. The summed E-state index contributed by atoms with van der Waals surface area (Å²) in [4.78, 5) is 0. The summed E-state index contributed by atoms with van der Waals surface area (Å²) in [6.45, 7) is 7.09. The van der Waals surface area contributed by atoms with Gasteiger partial charge in [-0.15, -0.1) is 0 Å². The molecule has 1 saturated carbocycles. The third-order valence-electron chi connectivity index (χ3n) is 4.43. The molecule has 0 saturated heterocycles. The van der Waals surface area contributed by atoms with Crippen LogP contribution in [0.1, 0.15) is 52.2 Å². The first-order chi connectivity index (χ1) is 8.66. The maximum Gasteiger partial charge on any atom is 0.103 e. The van der Waals surface area contributed by atoms with Crippen molar-refractivity contribution in [3.63, 3.8) is 0 Å². The fourth-order valence-electron chi connectivity index (χ4n) is 3.24. The number of rotatable bonds is 5. The first-order valence-electron chi connectivity index (χ1n) is 7.45. The van der Waals surface area contributed by atoms with Crippen LogP contribution in [0.5, 0.6) is 0 Å². The molecule has 102 valence electrons. The van der Waals surface area contributed by atoms with E-state index in [2.05, 4.69) is 32.2 Å². The van der Waals surface area contributed by atoms with Crippen LogP contribution < -0.4 is 5.32 Å². The van der Waals surface area contributed by atoms with Crippen LogP contribution in [-0.4, -0.2) is 12.1 Å². The van der Waals surface area contributed by atoms with Gasteiger partial charge < -0.3 is 9.73 Å². The summed E-state index contributed by atoms with van der Waals surface area (Å²) in [5.41, 5.74) is 0. The van der Waals surface area contributed by atoms with Crippen molar-refractivity contribution in [3.05, 3.63) is 24.2 Å². The Kier molecular flexibility index (Phi) is 4.87. The quantitative estimate of drug-likeness (QED) is 0.852. The van der Waals surface area contributed by atoms with Gasteiger partial charge in [-0.2, -0.15) is 0 Å². The zero-order valence-electron chi connectivity index (χ0n) is 12.0. The molecule has 0 amide bonds. The second-order valence-corrected chi connectivity index (χ2v) is 6.10. The van der Waals surface area contributed by atoms with Crippen molar-refractivity contribution in [3.8, 4) is 0 Å². The summed E-state index contributed by atoms with van der Waals surface area (Å²) in [6, 6.07) is 5.31. The molecule has 1 aliphatic carbocycles. The van der Waals surface area contributed by atoms with Crippen LogP contribution in [0.3, 0.4) is 0 Å². The number of hydrogen-bond donors (Lipinski definition) is 1. The van der Waals surface area contributed by atoms with E-state index < -0.39 is 0 Å². The smallest absolute Gasteiger partial charge is 0.103 e. The molecule has 2 heteroatoms. The molecule has 1 aromatic heterocycles. The number of nitrogens with one attached hydrogen (secondary N) is 1. The lowest BCUT2D eigenvalue weighted by Gasteiger charge is -2.37. The monoisotopic (exact) mass is 249 g/mol. The zero-order valence-corrected chi connectivity index (χ0v) is 12.0. The van der Waals surface area contributed by atoms with E-state index in [1.165, 1.54) is 19.3 Å². The minimum atomic E-state index is 0.572. The van der Waals surface area contributed by atoms with Crippen molar-refractivity contribution in [2.24, 2.45) is 11.8 Å². The lowest BCUT2D eigenvalue weighted by atomic mass is 9.78. The molecule has 2 rings (SSSR count). The largest absolute Gasteiger partial charge is 0.469 e. The first-order valence-corrected chi connectivity index (χ1v) is 7.45. The van der Waals surface area contributed by atoms with Gasteiger partial charge in [-0.05, 0) is 50.2 Å². The van der Waals surface area contributed by atoms with Crippen LogP contribution >= 0.6 is 0 Å². The standard InChI is InChI=1S/C16H27NO/c1-12-6-4-7-13(2)16(12)17-14(3)9-10-15-8-5-11-18-15/h5,8,11-14,16-17H,4,6-7,9-10H2,1-3H3. The maximum atomic E-state index is 5.39. The van der Waals surface area contributed by atoms with Gasteiger partial charge in [-0.3, -0.25) is 0 Å². The third-order valence-corrected chi connectivity index (χ3v) is 4.43. The molecule has 18 heavy (non-hydrogen) atoms. The van der Waals surface area contributed by atoms with Crippen molar-refractivity contribution < 1.29 is 4.42 Å². The second kappa shape index (κ2) is 6.42. The summed E-state index contributed by atoms with van der Waals surface area (Å²) < 4.78 is 5.39. The highest BCUT2D eigenvalue weighted by Gasteiger charge is 2.28. The average molecular weight is 249 g/mol. The summed E-state index contributed by atoms with van der Waals surface area (Å²) in [6.07, 6.45) is 8.12. The second-order valence-electron chi connectivity index (χ2n) is 6.10. The molecule has 1 fully saturated rings. The van der Waals surface area contributed by atoms with Crippen LogP contribution in [0, 0.1) is 11.8 Å². The number of furan rings is 1. The van der Waals surface area contributed by atoms with Gasteiger partial charge in [-0.25, -0.2) is 0 Å². The van der Waals surface area contributed by atoms with E-state index in [0.29, 0.717) is 12.1 Å². The van der Waals surface area contributed by atoms with Gasteiger partial charge in [0.1, 0.15) is 5.76 Å². The van der Waals surface area contributed by atoms with Crippen LogP contribution in [-0.2, 0) is 6.42 Å². The number of aryl methyl sites for hydroxylation is 1. The Morgan fingerprint density at radius 1 is 1.33 bits per heavy atom. The molecule has 0 radical (unpaired) electrons. The third kappa shape index (κ3) is 3.61. The van der Waals surface area contributed by atoms with Crippen molar-refractivity contribution in [1.29, 1.82) is 0 Å². The van der Waals surface area contributed by atoms with E-state index >= 15 is 0 Å². The van der Waals surface area contributed by atoms with Crippen molar-refractivity contribution in [1.82, 2.24) is 5.32 Å². The summed E-state index contributed by atoms with van der Waals surface area (Å²) in [5, 5.41) is 3.84. The zero-order chi connectivity index (χ0) is 13.0. The SMILES string of the molecule is CC(CCc1ccco1)NC1C(C)CCCC1C. The Hall–Kier alpha value is -0.760. The summed E-state index contributed by atoms with van der Waals surface area (Å²) in [5.74, 6) is 2.74. The van der Waals surface area contributed by atoms with E-state index in [9.17, 15) is 0 Å².